The number of methoxy groups -OCH3 is 1. The van der Waals surface area contributed by atoms with Crippen LogP contribution in [-0.2, 0) is 5.41 Å². The van der Waals surface area contributed by atoms with Crippen molar-refractivity contribution in [2.45, 2.75) is 33.1 Å². The van der Waals surface area contributed by atoms with Crippen LogP contribution in [-0.4, -0.2) is 11.7 Å². The second-order valence-electron chi connectivity index (χ2n) is 11.2. The molecule has 0 bridgehead atoms. The zero-order chi connectivity index (χ0) is 26.3. The molecule has 0 unspecified atom stereocenters. The summed E-state index contributed by atoms with van der Waals surface area (Å²) in [6, 6.07) is 28.7. The minimum Gasteiger partial charge on any atom is -0.496 e. The first-order valence-electron chi connectivity index (χ1n) is 12.9. The number of hydrogen-bond acceptors (Lipinski definition) is 2. The lowest BCUT2D eigenvalue weighted by Gasteiger charge is -2.19. The highest BCUT2D eigenvalue weighted by atomic mass is 35.5. The van der Waals surface area contributed by atoms with E-state index in [1.54, 1.807) is 7.11 Å². The van der Waals surface area contributed by atoms with Crippen molar-refractivity contribution in [2.75, 3.05) is 7.11 Å². The van der Waals surface area contributed by atoms with E-state index in [0.29, 0.717) is 5.02 Å². The number of aromatic nitrogens is 1. The molecule has 5 aromatic carbocycles. The predicted molar refractivity (Wildman–Crippen MR) is 166 cm³/mol. The van der Waals surface area contributed by atoms with Crippen molar-refractivity contribution in [3.05, 3.63) is 95.0 Å². The molecule has 0 N–H and O–H groups in total. The maximum absolute atomic E-state index is 6.98. The fourth-order valence-corrected chi connectivity index (χ4v) is 7.27. The van der Waals surface area contributed by atoms with Gasteiger partial charge in [0, 0.05) is 30.9 Å². The summed E-state index contributed by atoms with van der Waals surface area (Å²) in [5, 5.41) is 7.98. The smallest absolute Gasteiger partial charge is 0.128 e. The standard InChI is InChI=1S/C34H28ClNOS/c1-19-9-11-22-24-16-20-7-6-8-27(23(20)18-31(24)38-30(22)15-19)36-28-13-10-21(34(2,3)4)17-25(28)32-29(37-5)14-12-26(35)33(32)36/h6-18H,1-5H3. The van der Waals surface area contributed by atoms with Crippen LogP contribution in [0.4, 0.5) is 0 Å². The van der Waals surface area contributed by atoms with Gasteiger partial charge >= 0.3 is 0 Å². The largest absolute Gasteiger partial charge is 0.496 e. The van der Waals surface area contributed by atoms with E-state index in [1.165, 1.54) is 42.1 Å². The Morgan fingerprint density at radius 3 is 2.39 bits per heavy atom. The number of nitrogens with zero attached hydrogens (tertiary/aromatic N) is 1. The fourth-order valence-electron chi connectivity index (χ4n) is 5.80. The molecule has 2 aromatic heterocycles. The normalized spacial score (nSPS) is 12.5. The SMILES string of the molecule is COc1ccc(Cl)c2c1c1cc(C(C)(C)C)ccc1n2-c1cccc2cc3c(cc12)sc1cc(C)ccc13. The van der Waals surface area contributed by atoms with Crippen LogP contribution in [0.1, 0.15) is 31.9 Å². The minimum absolute atomic E-state index is 0.0268. The number of thiophene rings is 1. The highest BCUT2D eigenvalue weighted by Crippen LogP contribution is 2.44. The van der Waals surface area contributed by atoms with Crippen LogP contribution < -0.4 is 4.74 Å². The Balaban J connectivity index is 1.63. The number of halogens is 1. The topological polar surface area (TPSA) is 14.2 Å². The Morgan fingerprint density at radius 2 is 1.61 bits per heavy atom. The predicted octanol–water partition coefficient (Wildman–Crippen LogP) is 10.6. The van der Waals surface area contributed by atoms with E-state index >= 15 is 0 Å². The molecule has 0 fully saturated rings. The third kappa shape index (κ3) is 3.38. The molecular weight excluding hydrogens is 506 g/mol. The van der Waals surface area contributed by atoms with Gasteiger partial charge in [-0.05, 0) is 77.4 Å². The molecule has 0 radical (unpaired) electrons. The van der Waals surface area contributed by atoms with Crippen LogP contribution >= 0.6 is 22.9 Å². The molecule has 0 aliphatic rings. The molecular formula is C34H28ClNOS. The summed E-state index contributed by atoms with van der Waals surface area (Å²) in [4.78, 5) is 0. The monoisotopic (exact) mass is 533 g/mol. The molecule has 0 aliphatic carbocycles. The molecule has 0 amide bonds. The van der Waals surface area contributed by atoms with E-state index in [9.17, 15) is 0 Å². The summed E-state index contributed by atoms with van der Waals surface area (Å²) >= 11 is 8.84. The number of hydrogen-bond donors (Lipinski definition) is 0. The van der Waals surface area contributed by atoms with Crippen LogP contribution in [0.3, 0.4) is 0 Å². The third-order valence-corrected chi connectivity index (χ3v) is 9.17. The molecule has 2 nitrogen and oxygen atoms in total. The van der Waals surface area contributed by atoms with Crippen LogP contribution in [0.15, 0.2) is 78.9 Å². The quantitative estimate of drug-likeness (QED) is 0.215. The summed E-state index contributed by atoms with van der Waals surface area (Å²) < 4.78 is 10.8. The van der Waals surface area contributed by atoms with Crippen molar-refractivity contribution in [3.8, 4) is 11.4 Å². The van der Waals surface area contributed by atoms with E-state index in [-0.39, 0.29) is 5.41 Å². The Bertz CT molecular complexity index is 2070. The summed E-state index contributed by atoms with van der Waals surface area (Å²) in [7, 11) is 1.73. The van der Waals surface area contributed by atoms with Gasteiger partial charge in [0.15, 0.2) is 0 Å². The van der Waals surface area contributed by atoms with Crippen molar-refractivity contribution in [2.24, 2.45) is 0 Å². The van der Waals surface area contributed by atoms with Crippen molar-refractivity contribution < 1.29 is 4.74 Å². The van der Waals surface area contributed by atoms with Gasteiger partial charge in [-0.25, -0.2) is 0 Å². The second kappa shape index (κ2) is 8.23. The summed E-state index contributed by atoms with van der Waals surface area (Å²) in [6.45, 7) is 8.91. The van der Waals surface area contributed by atoms with E-state index < -0.39 is 0 Å². The first-order valence-corrected chi connectivity index (χ1v) is 14.1. The van der Waals surface area contributed by atoms with Crippen LogP contribution in [0, 0.1) is 6.92 Å². The molecule has 38 heavy (non-hydrogen) atoms. The molecule has 4 heteroatoms. The highest BCUT2D eigenvalue weighted by molar-refractivity contribution is 7.25. The Labute approximate surface area is 231 Å². The number of rotatable bonds is 2. The number of benzene rings is 5. The van der Waals surface area contributed by atoms with Crippen molar-refractivity contribution in [1.82, 2.24) is 4.57 Å². The molecule has 0 aliphatic heterocycles. The zero-order valence-electron chi connectivity index (χ0n) is 22.1. The van der Waals surface area contributed by atoms with Crippen molar-refractivity contribution in [1.29, 1.82) is 0 Å². The maximum atomic E-state index is 6.98. The zero-order valence-corrected chi connectivity index (χ0v) is 23.7. The molecule has 0 atom stereocenters. The molecule has 188 valence electrons. The average molecular weight is 534 g/mol. The van der Waals surface area contributed by atoms with Gasteiger partial charge in [-0.1, -0.05) is 62.7 Å². The van der Waals surface area contributed by atoms with Gasteiger partial charge < -0.3 is 9.30 Å². The van der Waals surface area contributed by atoms with Gasteiger partial charge in [0.25, 0.3) is 0 Å². The van der Waals surface area contributed by atoms with E-state index in [2.05, 4.69) is 99.0 Å². The van der Waals surface area contributed by atoms with Gasteiger partial charge in [-0.3, -0.25) is 0 Å². The maximum Gasteiger partial charge on any atom is 0.128 e. The molecule has 2 heterocycles. The molecule has 0 spiro atoms. The Morgan fingerprint density at radius 1 is 0.789 bits per heavy atom. The molecule has 7 aromatic rings. The van der Waals surface area contributed by atoms with Gasteiger partial charge in [-0.15, -0.1) is 11.3 Å². The van der Waals surface area contributed by atoms with E-state index in [4.69, 9.17) is 16.3 Å². The average Bonchev–Trinajstić information content (AvgIpc) is 3.42. The van der Waals surface area contributed by atoms with Crippen LogP contribution in [0.25, 0.3) is 58.4 Å². The minimum atomic E-state index is 0.0268. The summed E-state index contributed by atoms with van der Waals surface area (Å²) in [6.07, 6.45) is 0. The van der Waals surface area contributed by atoms with E-state index in [1.807, 2.05) is 23.5 Å². The molecule has 0 saturated carbocycles. The van der Waals surface area contributed by atoms with Crippen LogP contribution in [0.2, 0.25) is 5.02 Å². The number of ether oxygens (including phenoxy) is 1. The number of fused-ring (bicyclic) bond motifs is 7. The lowest BCUT2D eigenvalue weighted by atomic mass is 9.86. The van der Waals surface area contributed by atoms with Gasteiger partial charge in [-0.2, -0.15) is 0 Å². The second-order valence-corrected chi connectivity index (χ2v) is 12.7. The Hall–Kier alpha value is -3.53. The molecule has 0 saturated heterocycles. The van der Waals surface area contributed by atoms with Gasteiger partial charge in [0.05, 0.1) is 34.2 Å². The third-order valence-electron chi connectivity index (χ3n) is 7.75. The van der Waals surface area contributed by atoms with Crippen LogP contribution in [0.5, 0.6) is 5.75 Å². The van der Waals surface area contributed by atoms with Gasteiger partial charge in [0.1, 0.15) is 5.75 Å². The van der Waals surface area contributed by atoms with Crippen molar-refractivity contribution >= 4 is 75.7 Å². The summed E-state index contributed by atoms with van der Waals surface area (Å²) in [5.74, 6) is 0.835. The van der Waals surface area contributed by atoms with E-state index in [0.717, 1.165) is 33.2 Å². The lowest BCUT2D eigenvalue weighted by Crippen LogP contribution is -2.10. The van der Waals surface area contributed by atoms with Crippen molar-refractivity contribution in [3.63, 3.8) is 0 Å². The summed E-state index contributed by atoms with van der Waals surface area (Å²) in [5.41, 5.74) is 5.82. The highest BCUT2D eigenvalue weighted by Gasteiger charge is 2.22. The fraction of sp³-hybridized carbons (Fsp3) is 0.176. The first kappa shape index (κ1) is 23.6. The first-order chi connectivity index (χ1) is 18.2. The Kier molecular flexibility index (Phi) is 5.11. The number of aryl methyl sites for hydroxylation is 1. The lowest BCUT2D eigenvalue weighted by molar-refractivity contribution is 0.420. The molecule has 7 rings (SSSR count). The van der Waals surface area contributed by atoms with Gasteiger partial charge in [0.2, 0.25) is 0 Å².